The van der Waals surface area contributed by atoms with Crippen LogP contribution in [0.2, 0.25) is 0 Å². The van der Waals surface area contributed by atoms with Crippen LogP contribution in [0.3, 0.4) is 0 Å². The third-order valence-electron chi connectivity index (χ3n) is 3.49. The van der Waals surface area contributed by atoms with Crippen molar-refractivity contribution in [1.82, 2.24) is 10.0 Å². The predicted octanol–water partition coefficient (Wildman–Crippen LogP) is 2.56. The van der Waals surface area contributed by atoms with Crippen molar-refractivity contribution in [1.29, 1.82) is 0 Å². The molecular weight excluding hydrogens is 340 g/mol. The molecule has 0 amide bonds. The Hall–Kier alpha value is -0.430. The molecule has 1 aromatic carbocycles. The largest absolute Gasteiger partial charge is 0.316 e. The third kappa shape index (κ3) is 4.04. The molecule has 0 unspecified atom stereocenters. The summed E-state index contributed by atoms with van der Waals surface area (Å²) in [5.74, 6) is 0.721. The van der Waals surface area contributed by atoms with Crippen molar-refractivity contribution in [3.8, 4) is 0 Å². The van der Waals surface area contributed by atoms with Crippen LogP contribution in [0.15, 0.2) is 21.5 Å². The van der Waals surface area contributed by atoms with E-state index in [-0.39, 0.29) is 0 Å². The van der Waals surface area contributed by atoms with Gasteiger partial charge in [0.05, 0.1) is 4.90 Å². The maximum absolute atomic E-state index is 12.4. The van der Waals surface area contributed by atoms with Crippen LogP contribution >= 0.6 is 15.9 Å². The molecule has 2 rings (SSSR count). The summed E-state index contributed by atoms with van der Waals surface area (Å²) in [6, 6.07) is 3.72. The van der Waals surface area contributed by atoms with Gasteiger partial charge in [0.25, 0.3) is 0 Å². The molecule has 1 aliphatic rings. The SMILES string of the molecule is CNCc1cc(C)c(Br)c(S(=O)(=O)NCCC2CC2)c1. The molecule has 0 atom stereocenters. The Bertz CT molecular complexity index is 583. The number of halogens is 1. The van der Waals surface area contributed by atoms with Gasteiger partial charge in [0, 0.05) is 17.6 Å². The van der Waals surface area contributed by atoms with Crippen LogP contribution in [0.4, 0.5) is 0 Å². The lowest BCUT2D eigenvalue weighted by Gasteiger charge is -2.12. The fraction of sp³-hybridized carbons (Fsp3) is 0.571. The summed E-state index contributed by atoms with van der Waals surface area (Å²) in [5.41, 5.74) is 1.90. The topological polar surface area (TPSA) is 58.2 Å². The van der Waals surface area contributed by atoms with Gasteiger partial charge < -0.3 is 5.32 Å². The lowest BCUT2D eigenvalue weighted by molar-refractivity contribution is 0.574. The van der Waals surface area contributed by atoms with Gasteiger partial charge in [0.15, 0.2) is 0 Å². The second-order valence-electron chi connectivity index (χ2n) is 5.38. The van der Waals surface area contributed by atoms with Crippen LogP contribution in [0.25, 0.3) is 0 Å². The van der Waals surface area contributed by atoms with Crippen molar-refractivity contribution >= 4 is 26.0 Å². The summed E-state index contributed by atoms with van der Waals surface area (Å²) in [7, 11) is -1.60. The first-order valence-electron chi connectivity index (χ1n) is 6.87. The van der Waals surface area contributed by atoms with Gasteiger partial charge in [-0.3, -0.25) is 0 Å². The molecule has 6 heteroatoms. The van der Waals surface area contributed by atoms with Gasteiger partial charge in [0.2, 0.25) is 10.0 Å². The number of nitrogens with one attached hydrogen (secondary N) is 2. The van der Waals surface area contributed by atoms with Gasteiger partial charge >= 0.3 is 0 Å². The Morgan fingerprint density at radius 2 is 2.05 bits per heavy atom. The van der Waals surface area contributed by atoms with Gasteiger partial charge in [0.1, 0.15) is 0 Å². The van der Waals surface area contributed by atoms with E-state index in [0.29, 0.717) is 22.5 Å². The zero-order chi connectivity index (χ0) is 14.8. The van der Waals surface area contributed by atoms with E-state index in [2.05, 4.69) is 26.0 Å². The van der Waals surface area contributed by atoms with E-state index in [1.165, 1.54) is 12.8 Å². The molecule has 1 fully saturated rings. The van der Waals surface area contributed by atoms with E-state index in [4.69, 9.17) is 0 Å². The fourth-order valence-electron chi connectivity index (χ4n) is 2.19. The van der Waals surface area contributed by atoms with Gasteiger partial charge in [-0.25, -0.2) is 13.1 Å². The molecule has 0 saturated heterocycles. The minimum absolute atomic E-state index is 0.332. The van der Waals surface area contributed by atoms with Crippen LogP contribution in [0.5, 0.6) is 0 Å². The van der Waals surface area contributed by atoms with Crippen LogP contribution in [0.1, 0.15) is 30.4 Å². The Balaban J connectivity index is 2.19. The fourth-order valence-corrected chi connectivity index (χ4v) is 4.31. The molecule has 0 aromatic heterocycles. The minimum Gasteiger partial charge on any atom is -0.316 e. The number of hydrogen-bond acceptors (Lipinski definition) is 3. The zero-order valence-electron chi connectivity index (χ0n) is 11.9. The molecule has 0 spiro atoms. The first-order valence-corrected chi connectivity index (χ1v) is 9.15. The second kappa shape index (κ2) is 6.56. The molecule has 112 valence electrons. The molecule has 1 saturated carbocycles. The average molecular weight is 361 g/mol. The van der Waals surface area contributed by atoms with E-state index in [1.807, 2.05) is 20.0 Å². The molecule has 2 N–H and O–H groups in total. The van der Waals surface area contributed by atoms with Crippen molar-refractivity contribution in [2.24, 2.45) is 5.92 Å². The Kier molecular flexibility index (Phi) is 5.23. The summed E-state index contributed by atoms with van der Waals surface area (Å²) < 4.78 is 28.2. The molecule has 1 aromatic rings. The average Bonchev–Trinajstić information content (AvgIpc) is 3.17. The van der Waals surface area contributed by atoms with Crippen molar-refractivity contribution in [2.45, 2.75) is 37.6 Å². The predicted molar refractivity (Wildman–Crippen MR) is 84.2 cm³/mol. The van der Waals surface area contributed by atoms with Crippen LogP contribution in [-0.2, 0) is 16.6 Å². The van der Waals surface area contributed by atoms with E-state index in [1.54, 1.807) is 6.07 Å². The highest BCUT2D eigenvalue weighted by molar-refractivity contribution is 9.10. The lowest BCUT2D eigenvalue weighted by atomic mass is 10.1. The van der Waals surface area contributed by atoms with Crippen LogP contribution in [0, 0.1) is 12.8 Å². The third-order valence-corrected chi connectivity index (χ3v) is 6.29. The van der Waals surface area contributed by atoms with E-state index >= 15 is 0 Å². The quantitative estimate of drug-likeness (QED) is 0.785. The number of rotatable bonds is 7. The molecule has 20 heavy (non-hydrogen) atoms. The summed E-state index contributed by atoms with van der Waals surface area (Å²) >= 11 is 3.39. The van der Waals surface area contributed by atoms with Crippen LogP contribution < -0.4 is 10.0 Å². The van der Waals surface area contributed by atoms with Gasteiger partial charge in [-0.2, -0.15) is 0 Å². The summed E-state index contributed by atoms with van der Waals surface area (Å²) in [5, 5.41) is 3.05. The molecule has 0 bridgehead atoms. The van der Waals surface area contributed by atoms with Crippen LogP contribution in [-0.4, -0.2) is 22.0 Å². The summed E-state index contributed by atoms with van der Waals surface area (Å²) in [6.07, 6.45) is 3.41. The first-order chi connectivity index (χ1) is 9.44. The zero-order valence-corrected chi connectivity index (χ0v) is 14.3. The Labute approximate surface area is 129 Å². The monoisotopic (exact) mass is 360 g/mol. The molecule has 1 aliphatic carbocycles. The molecule has 0 heterocycles. The van der Waals surface area contributed by atoms with E-state index < -0.39 is 10.0 Å². The van der Waals surface area contributed by atoms with Crippen molar-refractivity contribution in [3.05, 3.63) is 27.7 Å². The Morgan fingerprint density at radius 3 is 2.65 bits per heavy atom. The smallest absolute Gasteiger partial charge is 0.241 e. The standard InChI is InChI=1S/C14H21BrN2O2S/c1-10-7-12(9-16-2)8-13(14(10)15)20(18,19)17-6-5-11-3-4-11/h7-8,11,16-17H,3-6,9H2,1-2H3. The van der Waals surface area contributed by atoms with Crippen molar-refractivity contribution in [3.63, 3.8) is 0 Å². The molecule has 0 radical (unpaired) electrons. The summed E-state index contributed by atoms with van der Waals surface area (Å²) in [4.78, 5) is 0.332. The van der Waals surface area contributed by atoms with Gasteiger partial charge in [-0.15, -0.1) is 0 Å². The van der Waals surface area contributed by atoms with E-state index in [9.17, 15) is 8.42 Å². The maximum Gasteiger partial charge on any atom is 0.241 e. The molecule has 4 nitrogen and oxygen atoms in total. The molecule has 0 aliphatic heterocycles. The normalized spacial score (nSPS) is 15.6. The van der Waals surface area contributed by atoms with Crippen molar-refractivity contribution in [2.75, 3.05) is 13.6 Å². The number of benzene rings is 1. The van der Waals surface area contributed by atoms with E-state index in [0.717, 1.165) is 23.5 Å². The van der Waals surface area contributed by atoms with Gasteiger partial charge in [-0.05, 0) is 59.4 Å². The second-order valence-corrected chi connectivity index (χ2v) is 7.91. The van der Waals surface area contributed by atoms with Crippen molar-refractivity contribution < 1.29 is 8.42 Å². The van der Waals surface area contributed by atoms with Gasteiger partial charge in [-0.1, -0.05) is 18.9 Å². The first kappa shape index (κ1) is 15.9. The minimum atomic E-state index is -3.45. The number of aryl methyl sites for hydroxylation is 1. The maximum atomic E-state index is 12.4. The number of hydrogen-bond donors (Lipinski definition) is 2. The highest BCUT2D eigenvalue weighted by atomic mass is 79.9. The highest BCUT2D eigenvalue weighted by Gasteiger charge is 2.23. The lowest BCUT2D eigenvalue weighted by Crippen LogP contribution is -2.26. The summed E-state index contributed by atoms with van der Waals surface area (Å²) in [6.45, 7) is 3.08. The molecular formula is C14H21BrN2O2S. The Morgan fingerprint density at radius 1 is 1.35 bits per heavy atom. The number of sulfonamides is 1. The highest BCUT2D eigenvalue weighted by Crippen LogP contribution is 2.32.